The molecule has 6 heteroatoms. The molecule has 2 heterocycles. The lowest BCUT2D eigenvalue weighted by molar-refractivity contribution is 0.578. The normalized spacial score (nSPS) is 15.3. The number of nitrogen functional groups attached to an aromatic ring is 2. The molecule has 0 radical (unpaired) electrons. The summed E-state index contributed by atoms with van der Waals surface area (Å²) in [7, 11) is 0. The molecule has 0 saturated carbocycles. The van der Waals surface area contributed by atoms with Crippen LogP contribution in [0.4, 0.5) is 17.6 Å². The van der Waals surface area contributed by atoms with Crippen LogP contribution in [0.25, 0.3) is 11.4 Å². The number of aromatic nitrogens is 3. The number of piperidine rings is 1. The summed E-state index contributed by atoms with van der Waals surface area (Å²) in [5, 5.41) is 0. The minimum atomic E-state index is 0.154. The van der Waals surface area contributed by atoms with Gasteiger partial charge in [0.05, 0.1) is 0 Å². The monoisotopic (exact) mass is 270 g/mol. The van der Waals surface area contributed by atoms with Gasteiger partial charge in [-0.25, -0.2) is 0 Å². The van der Waals surface area contributed by atoms with Crippen molar-refractivity contribution in [2.45, 2.75) is 19.3 Å². The number of nitrogens with two attached hydrogens (primary N) is 2. The molecule has 0 aliphatic carbocycles. The highest BCUT2D eigenvalue weighted by Crippen LogP contribution is 2.30. The molecule has 1 aromatic heterocycles. The van der Waals surface area contributed by atoms with Crippen molar-refractivity contribution in [3.05, 3.63) is 24.3 Å². The van der Waals surface area contributed by atoms with E-state index in [9.17, 15) is 0 Å². The summed E-state index contributed by atoms with van der Waals surface area (Å²) in [5.41, 5.74) is 13.4. The van der Waals surface area contributed by atoms with E-state index in [0.717, 1.165) is 24.3 Å². The van der Waals surface area contributed by atoms with E-state index in [1.807, 2.05) is 18.2 Å². The Bertz CT molecular complexity index is 586. The highest BCUT2D eigenvalue weighted by atomic mass is 15.2. The van der Waals surface area contributed by atoms with Gasteiger partial charge in [-0.15, -0.1) is 0 Å². The highest BCUT2D eigenvalue weighted by Gasteiger charge is 2.17. The molecule has 2 aromatic rings. The van der Waals surface area contributed by atoms with E-state index in [-0.39, 0.29) is 11.9 Å². The van der Waals surface area contributed by atoms with Crippen LogP contribution in [0.3, 0.4) is 0 Å². The van der Waals surface area contributed by atoms with Crippen LogP contribution in [0.15, 0.2) is 24.3 Å². The number of anilines is 3. The fourth-order valence-electron chi connectivity index (χ4n) is 2.60. The zero-order valence-electron chi connectivity index (χ0n) is 11.3. The van der Waals surface area contributed by atoms with Crippen LogP contribution >= 0.6 is 0 Å². The van der Waals surface area contributed by atoms with Gasteiger partial charge in [-0.3, -0.25) is 0 Å². The molecule has 20 heavy (non-hydrogen) atoms. The van der Waals surface area contributed by atoms with Crippen molar-refractivity contribution < 1.29 is 0 Å². The minimum Gasteiger partial charge on any atom is -0.371 e. The van der Waals surface area contributed by atoms with Crippen molar-refractivity contribution in [1.29, 1.82) is 0 Å². The van der Waals surface area contributed by atoms with Crippen LogP contribution in [0, 0.1) is 0 Å². The molecule has 0 atom stereocenters. The highest BCUT2D eigenvalue weighted by molar-refractivity contribution is 5.75. The molecule has 104 valence electrons. The van der Waals surface area contributed by atoms with Crippen molar-refractivity contribution in [2.75, 3.05) is 29.5 Å². The molecule has 0 bridgehead atoms. The molecule has 1 saturated heterocycles. The first-order valence-corrected chi connectivity index (χ1v) is 6.85. The maximum atomic E-state index is 5.67. The number of benzene rings is 1. The van der Waals surface area contributed by atoms with Crippen molar-refractivity contribution in [2.24, 2.45) is 0 Å². The lowest BCUT2D eigenvalue weighted by Crippen LogP contribution is -2.29. The molecular formula is C14H18N6. The lowest BCUT2D eigenvalue weighted by Gasteiger charge is -2.30. The Labute approximate surface area is 117 Å². The fraction of sp³-hybridized carbons (Fsp3) is 0.357. The van der Waals surface area contributed by atoms with E-state index in [1.54, 1.807) is 0 Å². The van der Waals surface area contributed by atoms with E-state index >= 15 is 0 Å². The molecule has 1 aliphatic heterocycles. The molecule has 6 nitrogen and oxygen atoms in total. The smallest absolute Gasteiger partial charge is 0.225 e. The quantitative estimate of drug-likeness (QED) is 0.862. The molecule has 0 amide bonds. The number of rotatable bonds is 2. The predicted octanol–water partition coefficient (Wildman–Crippen LogP) is 1.69. The van der Waals surface area contributed by atoms with Gasteiger partial charge in [0.15, 0.2) is 5.82 Å². The van der Waals surface area contributed by atoms with Crippen molar-refractivity contribution in [1.82, 2.24) is 15.0 Å². The van der Waals surface area contributed by atoms with Gasteiger partial charge in [-0.2, -0.15) is 15.0 Å². The average molecular weight is 270 g/mol. The van der Waals surface area contributed by atoms with Crippen LogP contribution in [0.1, 0.15) is 19.3 Å². The van der Waals surface area contributed by atoms with E-state index in [2.05, 4.69) is 25.9 Å². The second kappa shape index (κ2) is 5.32. The molecule has 1 fully saturated rings. The second-order valence-electron chi connectivity index (χ2n) is 4.94. The van der Waals surface area contributed by atoms with E-state index in [4.69, 9.17) is 11.5 Å². The first kappa shape index (κ1) is 12.7. The van der Waals surface area contributed by atoms with Crippen molar-refractivity contribution >= 4 is 17.6 Å². The predicted molar refractivity (Wildman–Crippen MR) is 80.2 cm³/mol. The topological polar surface area (TPSA) is 93.9 Å². The fourth-order valence-corrected chi connectivity index (χ4v) is 2.60. The maximum absolute atomic E-state index is 5.67. The van der Waals surface area contributed by atoms with Gasteiger partial charge >= 0.3 is 0 Å². The van der Waals surface area contributed by atoms with Gasteiger partial charge in [0.2, 0.25) is 11.9 Å². The Kier molecular flexibility index (Phi) is 3.37. The first-order chi connectivity index (χ1) is 9.74. The van der Waals surface area contributed by atoms with Gasteiger partial charge in [-0.1, -0.05) is 12.1 Å². The zero-order valence-corrected chi connectivity index (χ0v) is 11.3. The Hall–Kier alpha value is -2.37. The summed E-state index contributed by atoms with van der Waals surface area (Å²) >= 11 is 0. The average Bonchev–Trinajstić information content (AvgIpc) is 2.47. The Morgan fingerprint density at radius 3 is 2.20 bits per heavy atom. The Balaban J connectivity index is 2.04. The standard InChI is InChI=1S/C14H18N6/c15-13-17-12(18-14(16)19-13)10-6-2-3-7-11(10)20-8-4-1-5-9-20/h2-3,6-7H,1,4-5,8-9H2,(H4,15,16,17,18,19). The largest absolute Gasteiger partial charge is 0.371 e. The second-order valence-corrected chi connectivity index (χ2v) is 4.94. The van der Waals surface area contributed by atoms with Crippen LogP contribution in [-0.2, 0) is 0 Å². The van der Waals surface area contributed by atoms with Gasteiger partial charge in [-0.05, 0) is 31.4 Å². The summed E-state index contributed by atoms with van der Waals surface area (Å²) < 4.78 is 0. The van der Waals surface area contributed by atoms with Crippen LogP contribution in [0.5, 0.6) is 0 Å². The molecular weight excluding hydrogens is 252 g/mol. The van der Waals surface area contributed by atoms with Gasteiger partial charge in [0.1, 0.15) is 0 Å². The molecule has 1 aromatic carbocycles. The summed E-state index contributed by atoms with van der Waals surface area (Å²) in [6.07, 6.45) is 3.73. The van der Waals surface area contributed by atoms with Gasteiger partial charge < -0.3 is 16.4 Å². The Morgan fingerprint density at radius 1 is 0.850 bits per heavy atom. The number of nitrogens with zero attached hydrogens (tertiary/aromatic N) is 4. The molecule has 0 unspecified atom stereocenters. The minimum absolute atomic E-state index is 0.154. The molecule has 0 spiro atoms. The summed E-state index contributed by atoms with van der Waals surface area (Å²) in [6, 6.07) is 8.09. The van der Waals surface area contributed by atoms with Gasteiger partial charge in [0, 0.05) is 24.3 Å². The van der Waals surface area contributed by atoms with E-state index < -0.39 is 0 Å². The van der Waals surface area contributed by atoms with Crippen LogP contribution in [0.2, 0.25) is 0 Å². The van der Waals surface area contributed by atoms with E-state index in [0.29, 0.717) is 5.82 Å². The van der Waals surface area contributed by atoms with Crippen molar-refractivity contribution in [3.63, 3.8) is 0 Å². The van der Waals surface area contributed by atoms with E-state index in [1.165, 1.54) is 19.3 Å². The number of para-hydroxylation sites is 1. The van der Waals surface area contributed by atoms with Crippen LogP contribution < -0.4 is 16.4 Å². The lowest BCUT2D eigenvalue weighted by atomic mass is 10.1. The summed E-state index contributed by atoms with van der Waals surface area (Å²) in [5.74, 6) is 0.845. The Morgan fingerprint density at radius 2 is 1.50 bits per heavy atom. The number of hydrogen-bond donors (Lipinski definition) is 2. The third kappa shape index (κ3) is 2.49. The number of hydrogen-bond acceptors (Lipinski definition) is 6. The van der Waals surface area contributed by atoms with Crippen LogP contribution in [-0.4, -0.2) is 28.0 Å². The summed E-state index contributed by atoms with van der Waals surface area (Å²) in [6.45, 7) is 2.13. The third-order valence-electron chi connectivity index (χ3n) is 3.51. The first-order valence-electron chi connectivity index (χ1n) is 6.85. The SMILES string of the molecule is Nc1nc(N)nc(-c2ccccc2N2CCCCC2)n1. The van der Waals surface area contributed by atoms with Crippen molar-refractivity contribution in [3.8, 4) is 11.4 Å². The molecule has 3 rings (SSSR count). The third-order valence-corrected chi connectivity index (χ3v) is 3.51. The zero-order chi connectivity index (χ0) is 13.9. The molecule has 4 N–H and O–H groups in total. The summed E-state index contributed by atoms with van der Waals surface area (Å²) in [4.78, 5) is 14.6. The van der Waals surface area contributed by atoms with Gasteiger partial charge in [0.25, 0.3) is 0 Å². The molecule has 1 aliphatic rings. The maximum Gasteiger partial charge on any atom is 0.225 e.